The zero-order valence-electron chi connectivity index (χ0n) is 13.3. The van der Waals surface area contributed by atoms with Crippen molar-refractivity contribution in [2.75, 3.05) is 0 Å². The van der Waals surface area contributed by atoms with E-state index in [0.29, 0.717) is 11.1 Å². The first kappa shape index (κ1) is 16.1. The molecule has 0 radical (unpaired) electrons. The molecule has 124 valence electrons. The van der Waals surface area contributed by atoms with Crippen LogP contribution >= 0.6 is 0 Å². The highest BCUT2D eigenvalue weighted by molar-refractivity contribution is 5.99. The van der Waals surface area contributed by atoms with E-state index in [-0.39, 0.29) is 18.1 Å². The van der Waals surface area contributed by atoms with E-state index < -0.39 is 5.91 Å². The fraction of sp³-hybridized carbons (Fsp3) is 0.263. The Bertz CT molecular complexity index is 730. The lowest BCUT2D eigenvalue weighted by atomic mass is 10.1. The first-order valence-electron chi connectivity index (χ1n) is 8.06. The Labute approximate surface area is 140 Å². The van der Waals surface area contributed by atoms with Crippen molar-refractivity contribution in [1.29, 1.82) is 0 Å². The van der Waals surface area contributed by atoms with Crippen molar-refractivity contribution in [1.82, 2.24) is 5.32 Å². The molecule has 2 amide bonds. The summed E-state index contributed by atoms with van der Waals surface area (Å²) in [5.74, 6) is 0.0434. The number of rotatable bonds is 5. The molecule has 0 aliphatic heterocycles. The molecule has 1 saturated carbocycles. The van der Waals surface area contributed by atoms with Crippen LogP contribution in [0.4, 0.5) is 0 Å². The van der Waals surface area contributed by atoms with Crippen LogP contribution in [-0.4, -0.2) is 24.0 Å². The van der Waals surface area contributed by atoms with Crippen LogP contribution < -0.4 is 15.8 Å². The van der Waals surface area contributed by atoms with Gasteiger partial charge in [-0.15, -0.1) is 0 Å². The summed E-state index contributed by atoms with van der Waals surface area (Å²) in [6, 6.07) is 16.0. The van der Waals surface area contributed by atoms with E-state index in [1.807, 2.05) is 30.3 Å². The van der Waals surface area contributed by atoms with Gasteiger partial charge in [0.1, 0.15) is 11.9 Å². The number of primary amides is 1. The molecule has 1 aliphatic rings. The number of hydrogen-bond donors (Lipinski definition) is 2. The van der Waals surface area contributed by atoms with Crippen LogP contribution in [0.1, 0.15) is 40.0 Å². The summed E-state index contributed by atoms with van der Waals surface area (Å²) < 4.78 is 6.00. The number of para-hydroxylation sites is 1. The van der Waals surface area contributed by atoms with Crippen LogP contribution in [0.25, 0.3) is 0 Å². The second kappa shape index (κ2) is 7.17. The number of carbonyl (C=O) groups excluding carboxylic acids is 2. The number of amides is 2. The minimum Gasteiger partial charge on any atom is -0.488 e. The molecule has 1 aliphatic carbocycles. The fourth-order valence-corrected chi connectivity index (χ4v) is 2.97. The standard InChI is InChI=1S/C19H20N2O3/c20-18(22)13-6-4-7-14(12-13)19(23)21-16-10-5-11-17(16)24-15-8-2-1-3-9-15/h1-4,6-9,12,16-17H,5,10-11H2,(H2,20,22)(H,21,23). The molecule has 2 unspecified atom stereocenters. The Kier molecular flexibility index (Phi) is 4.79. The molecule has 3 N–H and O–H groups in total. The Morgan fingerprint density at radius 1 is 1.00 bits per heavy atom. The first-order valence-corrected chi connectivity index (χ1v) is 8.06. The number of hydrogen-bond acceptors (Lipinski definition) is 3. The van der Waals surface area contributed by atoms with Crippen molar-refractivity contribution in [3.63, 3.8) is 0 Å². The Hall–Kier alpha value is -2.82. The molecule has 0 heterocycles. The molecule has 24 heavy (non-hydrogen) atoms. The smallest absolute Gasteiger partial charge is 0.251 e. The summed E-state index contributed by atoms with van der Waals surface area (Å²) in [5, 5.41) is 3.02. The number of carbonyl (C=O) groups is 2. The van der Waals surface area contributed by atoms with Gasteiger partial charge in [-0.05, 0) is 49.6 Å². The van der Waals surface area contributed by atoms with E-state index in [9.17, 15) is 9.59 Å². The highest BCUT2D eigenvalue weighted by Gasteiger charge is 2.30. The zero-order chi connectivity index (χ0) is 16.9. The van der Waals surface area contributed by atoms with Gasteiger partial charge in [0.05, 0.1) is 6.04 Å². The molecular formula is C19H20N2O3. The number of ether oxygens (including phenoxy) is 1. The molecule has 2 aromatic carbocycles. The lowest BCUT2D eigenvalue weighted by Crippen LogP contribution is -2.42. The summed E-state index contributed by atoms with van der Waals surface area (Å²) >= 11 is 0. The highest BCUT2D eigenvalue weighted by Crippen LogP contribution is 2.25. The largest absolute Gasteiger partial charge is 0.488 e. The molecule has 0 bridgehead atoms. The van der Waals surface area contributed by atoms with Crippen LogP contribution in [0.3, 0.4) is 0 Å². The van der Waals surface area contributed by atoms with E-state index >= 15 is 0 Å². The predicted octanol–water partition coefficient (Wildman–Crippen LogP) is 2.52. The van der Waals surface area contributed by atoms with Crippen LogP contribution in [0.2, 0.25) is 0 Å². The van der Waals surface area contributed by atoms with Gasteiger partial charge in [0, 0.05) is 11.1 Å². The van der Waals surface area contributed by atoms with Crippen molar-refractivity contribution in [2.24, 2.45) is 5.73 Å². The van der Waals surface area contributed by atoms with E-state index in [0.717, 1.165) is 25.0 Å². The average Bonchev–Trinajstić information content (AvgIpc) is 3.02. The molecule has 1 fully saturated rings. The van der Waals surface area contributed by atoms with Crippen molar-refractivity contribution in [3.8, 4) is 5.75 Å². The van der Waals surface area contributed by atoms with Gasteiger partial charge in [0.2, 0.25) is 5.91 Å². The van der Waals surface area contributed by atoms with Crippen LogP contribution in [0, 0.1) is 0 Å². The minimum atomic E-state index is -0.546. The van der Waals surface area contributed by atoms with Gasteiger partial charge in [-0.2, -0.15) is 0 Å². The zero-order valence-corrected chi connectivity index (χ0v) is 13.3. The summed E-state index contributed by atoms with van der Waals surface area (Å²) in [5.41, 5.74) is 6.02. The fourth-order valence-electron chi connectivity index (χ4n) is 2.97. The number of nitrogens with one attached hydrogen (secondary N) is 1. The van der Waals surface area contributed by atoms with Crippen molar-refractivity contribution in [3.05, 3.63) is 65.7 Å². The van der Waals surface area contributed by atoms with Gasteiger partial charge in [0.25, 0.3) is 5.91 Å². The SMILES string of the molecule is NC(=O)c1cccc(C(=O)NC2CCCC2Oc2ccccc2)c1. The second-order valence-electron chi connectivity index (χ2n) is 5.93. The number of nitrogens with two attached hydrogens (primary N) is 1. The quantitative estimate of drug-likeness (QED) is 0.886. The molecule has 5 nitrogen and oxygen atoms in total. The van der Waals surface area contributed by atoms with Crippen molar-refractivity contribution in [2.45, 2.75) is 31.4 Å². The molecule has 3 rings (SSSR count). The molecule has 0 aromatic heterocycles. The second-order valence-corrected chi connectivity index (χ2v) is 5.93. The Balaban J connectivity index is 1.67. The maximum Gasteiger partial charge on any atom is 0.251 e. The topological polar surface area (TPSA) is 81.4 Å². The van der Waals surface area contributed by atoms with Crippen molar-refractivity contribution < 1.29 is 14.3 Å². The maximum absolute atomic E-state index is 12.5. The van der Waals surface area contributed by atoms with E-state index in [1.165, 1.54) is 6.07 Å². The average molecular weight is 324 g/mol. The van der Waals surface area contributed by atoms with Gasteiger partial charge in [-0.25, -0.2) is 0 Å². The van der Waals surface area contributed by atoms with E-state index in [1.54, 1.807) is 18.2 Å². The normalized spacial score (nSPS) is 19.7. The van der Waals surface area contributed by atoms with Gasteiger partial charge in [-0.1, -0.05) is 24.3 Å². The summed E-state index contributed by atoms with van der Waals surface area (Å²) in [6.07, 6.45) is 2.74. The highest BCUT2D eigenvalue weighted by atomic mass is 16.5. The van der Waals surface area contributed by atoms with E-state index in [2.05, 4.69) is 5.32 Å². The minimum absolute atomic E-state index is 0.0457. The van der Waals surface area contributed by atoms with Crippen LogP contribution in [0.15, 0.2) is 54.6 Å². The van der Waals surface area contributed by atoms with Crippen LogP contribution in [-0.2, 0) is 0 Å². The Morgan fingerprint density at radius 3 is 2.50 bits per heavy atom. The summed E-state index contributed by atoms with van der Waals surface area (Å²) in [6.45, 7) is 0. The third-order valence-electron chi connectivity index (χ3n) is 4.21. The van der Waals surface area contributed by atoms with E-state index in [4.69, 9.17) is 10.5 Å². The number of benzene rings is 2. The molecule has 2 atom stereocenters. The van der Waals surface area contributed by atoms with Crippen molar-refractivity contribution >= 4 is 11.8 Å². The Morgan fingerprint density at radius 2 is 1.75 bits per heavy atom. The predicted molar refractivity (Wildman–Crippen MR) is 90.9 cm³/mol. The van der Waals surface area contributed by atoms with Gasteiger partial charge in [0.15, 0.2) is 0 Å². The van der Waals surface area contributed by atoms with Gasteiger partial charge in [-0.3, -0.25) is 9.59 Å². The maximum atomic E-state index is 12.5. The molecule has 0 saturated heterocycles. The first-order chi connectivity index (χ1) is 11.6. The third-order valence-corrected chi connectivity index (χ3v) is 4.21. The lowest BCUT2D eigenvalue weighted by Gasteiger charge is -2.22. The lowest BCUT2D eigenvalue weighted by molar-refractivity contribution is 0.0894. The molecule has 0 spiro atoms. The summed E-state index contributed by atoms with van der Waals surface area (Å²) in [4.78, 5) is 23.7. The van der Waals surface area contributed by atoms with Gasteiger partial charge >= 0.3 is 0 Å². The molecule has 2 aromatic rings. The van der Waals surface area contributed by atoms with Gasteiger partial charge < -0.3 is 15.8 Å². The van der Waals surface area contributed by atoms with Crippen LogP contribution in [0.5, 0.6) is 5.75 Å². The molecular weight excluding hydrogens is 304 g/mol. The summed E-state index contributed by atoms with van der Waals surface area (Å²) in [7, 11) is 0. The molecule has 5 heteroatoms. The third kappa shape index (κ3) is 3.74. The monoisotopic (exact) mass is 324 g/mol.